The molecule has 8 heteroatoms. The fraction of sp³-hybridized carbons (Fsp3) is 0.294. The molecule has 1 heterocycles. The Morgan fingerprint density at radius 2 is 1.64 bits per heavy atom. The lowest BCUT2D eigenvalue weighted by Crippen LogP contribution is -3.12. The number of hydrogen-bond acceptors (Lipinski definition) is 4. The van der Waals surface area contributed by atoms with E-state index >= 15 is 0 Å². The van der Waals surface area contributed by atoms with E-state index in [1.807, 2.05) is 18.2 Å². The summed E-state index contributed by atoms with van der Waals surface area (Å²) in [5.41, 5.74) is 2.55. The van der Waals surface area contributed by atoms with Crippen molar-refractivity contribution in [2.75, 3.05) is 14.1 Å². The Hall–Kier alpha value is -1.84. The fourth-order valence-electron chi connectivity index (χ4n) is 3.15. The van der Waals surface area contributed by atoms with Crippen molar-refractivity contribution in [2.45, 2.75) is 18.5 Å². The first-order valence-corrected chi connectivity index (χ1v) is 9.08. The zero-order valence-corrected chi connectivity index (χ0v) is 14.8. The molecule has 1 aliphatic heterocycles. The zero-order valence-electron chi connectivity index (χ0n) is 14.0. The van der Waals surface area contributed by atoms with Crippen molar-refractivity contribution in [3.63, 3.8) is 0 Å². The van der Waals surface area contributed by atoms with Crippen molar-refractivity contribution in [3.05, 3.63) is 71.5 Å². The number of nitrogens with zero attached hydrogens (tertiary/aromatic N) is 1. The van der Waals surface area contributed by atoms with Gasteiger partial charge in [0.2, 0.25) is 10.4 Å². The third-order valence-electron chi connectivity index (χ3n) is 4.44. The summed E-state index contributed by atoms with van der Waals surface area (Å²) in [6.45, 7) is 0. The molecular formula is C17H21FN2O4S. The van der Waals surface area contributed by atoms with Gasteiger partial charge in [-0.1, -0.05) is 42.5 Å². The summed E-state index contributed by atoms with van der Waals surface area (Å²) in [7, 11) is -0.590. The van der Waals surface area contributed by atoms with Gasteiger partial charge in [-0.2, -0.15) is 5.01 Å². The van der Waals surface area contributed by atoms with Crippen LogP contribution in [0.25, 0.3) is 0 Å². The molecule has 0 aliphatic carbocycles. The second kappa shape index (κ2) is 8.03. The van der Waals surface area contributed by atoms with Crippen LogP contribution in [0.1, 0.15) is 29.6 Å². The van der Waals surface area contributed by atoms with Crippen molar-refractivity contribution in [1.29, 1.82) is 0 Å². The highest BCUT2D eigenvalue weighted by Gasteiger charge is 2.40. The highest BCUT2D eigenvalue weighted by atomic mass is 32.3. The van der Waals surface area contributed by atoms with Gasteiger partial charge in [0.1, 0.15) is 11.9 Å². The standard InChI is InChI=1S/C17H19FN2.H2O4S/c1-19-16(13-6-4-3-5-7-13)12-17(20(19)2)14-8-10-15(18)11-9-14;1-5(2,3)4/h3-11,16-17H,12H2,1-2H3;(H2,1,2,3,4). The molecule has 3 atom stereocenters. The first-order valence-electron chi connectivity index (χ1n) is 7.72. The zero-order chi connectivity index (χ0) is 18.6. The van der Waals surface area contributed by atoms with Crippen molar-refractivity contribution in [2.24, 2.45) is 0 Å². The van der Waals surface area contributed by atoms with Gasteiger partial charge in [0, 0.05) is 19.0 Å². The molecule has 1 saturated heterocycles. The van der Waals surface area contributed by atoms with E-state index < -0.39 is 10.4 Å². The molecule has 0 aromatic heterocycles. The van der Waals surface area contributed by atoms with Crippen LogP contribution in [-0.2, 0) is 10.4 Å². The molecule has 25 heavy (non-hydrogen) atoms. The van der Waals surface area contributed by atoms with Crippen LogP contribution < -0.4 is 5.01 Å². The highest BCUT2D eigenvalue weighted by Crippen LogP contribution is 2.32. The number of rotatable bonds is 2. The van der Waals surface area contributed by atoms with Gasteiger partial charge in [-0.3, -0.25) is 9.56 Å². The van der Waals surface area contributed by atoms with Crippen LogP contribution in [0.5, 0.6) is 0 Å². The summed E-state index contributed by atoms with van der Waals surface area (Å²) in [5, 5.41) is 3.70. The Bertz CT molecular complexity index is 776. The molecule has 6 nitrogen and oxygen atoms in total. The maximum atomic E-state index is 13.1. The minimum atomic E-state index is -4.92. The molecule has 1 fully saturated rings. The lowest BCUT2D eigenvalue weighted by Gasteiger charge is -2.24. The number of halogens is 1. The summed E-state index contributed by atoms with van der Waals surface area (Å²) in [5.74, 6) is -0.169. The predicted octanol–water partition coefficient (Wildman–Crippen LogP) is 1.38. The second-order valence-electron chi connectivity index (χ2n) is 5.95. The molecular weight excluding hydrogens is 347 g/mol. The summed E-state index contributed by atoms with van der Waals surface area (Å²) in [6, 6.07) is 18.3. The summed E-state index contributed by atoms with van der Waals surface area (Å²) >= 11 is 0. The number of nitrogens with one attached hydrogen (secondary N) is 1. The normalized spacial score (nSPS) is 23.8. The van der Waals surface area contributed by atoms with Crippen LogP contribution in [0.4, 0.5) is 4.39 Å². The third kappa shape index (κ3) is 5.58. The van der Waals surface area contributed by atoms with Gasteiger partial charge < -0.3 is 4.55 Å². The van der Waals surface area contributed by atoms with E-state index in [4.69, 9.17) is 17.5 Å². The summed E-state index contributed by atoms with van der Waals surface area (Å²) < 4.78 is 45.9. The smallest absolute Gasteiger partial charge is 0.215 e. The number of hydrogen-bond donors (Lipinski definition) is 2. The Morgan fingerprint density at radius 1 is 1.12 bits per heavy atom. The van der Waals surface area contributed by atoms with Crippen LogP contribution in [-0.4, -0.2) is 36.6 Å². The van der Waals surface area contributed by atoms with Gasteiger partial charge in [0.15, 0.2) is 0 Å². The molecule has 2 N–H and O–H groups in total. The van der Waals surface area contributed by atoms with Crippen LogP contribution in [0.15, 0.2) is 54.6 Å². The van der Waals surface area contributed by atoms with E-state index in [0.29, 0.717) is 12.1 Å². The number of benzene rings is 2. The Kier molecular flexibility index (Phi) is 6.26. The van der Waals surface area contributed by atoms with Crippen LogP contribution in [0, 0.1) is 5.82 Å². The second-order valence-corrected chi connectivity index (χ2v) is 6.80. The predicted molar refractivity (Wildman–Crippen MR) is 89.9 cm³/mol. The van der Waals surface area contributed by atoms with Crippen molar-refractivity contribution < 1.29 is 26.9 Å². The molecule has 0 radical (unpaired) electrons. The van der Waals surface area contributed by atoms with Gasteiger partial charge >= 0.3 is 0 Å². The highest BCUT2D eigenvalue weighted by molar-refractivity contribution is 7.79. The van der Waals surface area contributed by atoms with Crippen LogP contribution in [0.2, 0.25) is 0 Å². The molecule has 2 aromatic rings. The first kappa shape index (κ1) is 19.5. The van der Waals surface area contributed by atoms with Crippen molar-refractivity contribution >= 4 is 10.4 Å². The largest absolute Gasteiger partial charge is 0.726 e. The molecule has 0 spiro atoms. The first-order chi connectivity index (χ1) is 11.7. The van der Waals surface area contributed by atoms with Gasteiger partial charge in [-0.15, -0.1) is 0 Å². The Labute approximate surface area is 147 Å². The van der Waals surface area contributed by atoms with Crippen LogP contribution in [0.3, 0.4) is 0 Å². The van der Waals surface area contributed by atoms with E-state index in [2.05, 4.69) is 43.4 Å². The molecule has 0 saturated carbocycles. The van der Waals surface area contributed by atoms with Crippen LogP contribution >= 0.6 is 0 Å². The molecule has 1 aliphatic rings. The molecule has 2 aromatic carbocycles. The monoisotopic (exact) mass is 368 g/mol. The van der Waals surface area contributed by atoms with Gasteiger partial charge in [-0.05, 0) is 17.7 Å². The van der Waals surface area contributed by atoms with E-state index in [1.165, 1.54) is 16.1 Å². The minimum Gasteiger partial charge on any atom is -0.726 e. The third-order valence-corrected chi connectivity index (χ3v) is 4.44. The average molecular weight is 368 g/mol. The van der Waals surface area contributed by atoms with E-state index in [1.54, 1.807) is 12.1 Å². The minimum absolute atomic E-state index is 0.169. The van der Waals surface area contributed by atoms with Gasteiger partial charge in [0.05, 0.1) is 13.1 Å². The van der Waals surface area contributed by atoms with Crippen molar-refractivity contribution in [3.8, 4) is 0 Å². The molecule has 3 rings (SSSR count). The van der Waals surface area contributed by atoms with E-state index in [0.717, 1.165) is 6.42 Å². The summed E-state index contributed by atoms with van der Waals surface area (Å²) in [4.78, 5) is 0. The Balaban J connectivity index is 0.000000399. The quantitative estimate of drug-likeness (QED) is 0.618. The number of quaternary nitrogens is 1. The Morgan fingerprint density at radius 3 is 2.16 bits per heavy atom. The SMILES string of the molecule is CN1C(c2ccccc2)CC(c2ccc(F)cc2)[NH+]1C.O=S(=O)([O-])O. The average Bonchev–Trinajstić information content (AvgIpc) is 2.84. The fourth-order valence-corrected chi connectivity index (χ4v) is 3.15. The lowest BCUT2D eigenvalue weighted by molar-refractivity contribution is -1.01. The van der Waals surface area contributed by atoms with Gasteiger partial charge in [0.25, 0.3) is 0 Å². The van der Waals surface area contributed by atoms with Crippen molar-refractivity contribution in [1.82, 2.24) is 5.01 Å². The molecule has 136 valence electrons. The maximum absolute atomic E-state index is 13.1. The molecule has 3 unspecified atom stereocenters. The van der Waals surface area contributed by atoms with E-state index in [-0.39, 0.29) is 5.82 Å². The topological polar surface area (TPSA) is 85.1 Å². The molecule has 0 bridgehead atoms. The maximum Gasteiger partial charge on any atom is 0.215 e. The summed E-state index contributed by atoms with van der Waals surface area (Å²) in [6.07, 6.45) is 1.05. The lowest BCUT2D eigenvalue weighted by atomic mass is 9.97. The van der Waals surface area contributed by atoms with Gasteiger partial charge in [-0.25, -0.2) is 12.8 Å². The van der Waals surface area contributed by atoms with E-state index in [9.17, 15) is 4.39 Å². The molecule has 0 amide bonds.